The number of anilines is 3. The molecule has 0 saturated carbocycles. The molecule has 0 bridgehead atoms. The first-order valence-electron chi connectivity index (χ1n) is 8.74. The van der Waals surface area contributed by atoms with Crippen molar-refractivity contribution < 1.29 is 4.39 Å². The third-order valence-corrected chi connectivity index (χ3v) is 6.51. The first-order valence-corrected chi connectivity index (χ1v) is 10.7. The van der Waals surface area contributed by atoms with Crippen molar-refractivity contribution in [2.75, 3.05) is 35.2 Å². The zero-order valence-corrected chi connectivity index (χ0v) is 17.8. The molecule has 0 amide bonds. The van der Waals surface area contributed by atoms with E-state index in [9.17, 15) is 4.39 Å². The van der Waals surface area contributed by atoms with Crippen molar-refractivity contribution in [3.05, 3.63) is 58.6 Å². The third kappa shape index (κ3) is 4.04. The minimum Gasteiger partial charge on any atom is -0.378 e. The van der Waals surface area contributed by atoms with E-state index >= 15 is 0 Å². The van der Waals surface area contributed by atoms with Crippen molar-refractivity contribution in [1.29, 1.82) is 0 Å². The highest BCUT2D eigenvalue weighted by Crippen LogP contribution is 2.36. The van der Waals surface area contributed by atoms with Crippen LogP contribution in [0, 0.1) is 5.82 Å². The fourth-order valence-corrected chi connectivity index (χ4v) is 4.67. The summed E-state index contributed by atoms with van der Waals surface area (Å²) in [7, 11) is 4.08. The fourth-order valence-electron chi connectivity index (χ4n) is 3.18. The van der Waals surface area contributed by atoms with Gasteiger partial charge in [-0.3, -0.25) is 0 Å². The Balaban J connectivity index is 1.52. The van der Waals surface area contributed by atoms with Gasteiger partial charge < -0.3 is 14.5 Å². The summed E-state index contributed by atoms with van der Waals surface area (Å²) in [6, 6.07) is 9.68. The van der Waals surface area contributed by atoms with Crippen molar-refractivity contribution in [2.24, 2.45) is 0 Å². The van der Waals surface area contributed by atoms with Gasteiger partial charge in [0, 0.05) is 44.4 Å². The maximum atomic E-state index is 14.7. The average molecular weight is 436 g/mol. The van der Waals surface area contributed by atoms with Gasteiger partial charge in [0.25, 0.3) is 0 Å². The van der Waals surface area contributed by atoms with Crippen molar-refractivity contribution >= 4 is 51.6 Å². The monoisotopic (exact) mass is 435 g/mol. The molecule has 5 nitrogen and oxygen atoms in total. The van der Waals surface area contributed by atoms with E-state index in [2.05, 4.69) is 42.1 Å². The molecule has 28 heavy (non-hydrogen) atoms. The van der Waals surface area contributed by atoms with E-state index in [4.69, 9.17) is 11.6 Å². The largest absolute Gasteiger partial charge is 0.378 e. The van der Waals surface area contributed by atoms with Crippen LogP contribution in [0.25, 0.3) is 0 Å². The van der Waals surface area contributed by atoms with Crippen LogP contribution in [0.5, 0.6) is 0 Å². The minimum absolute atomic E-state index is 0.310. The number of hydrogen-bond acceptors (Lipinski definition) is 7. The lowest BCUT2D eigenvalue weighted by Crippen LogP contribution is -2.30. The van der Waals surface area contributed by atoms with E-state index in [-0.39, 0.29) is 5.82 Å². The van der Waals surface area contributed by atoms with Crippen LogP contribution < -0.4 is 14.5 Å². The fraction of sp³-hybridized carbons (Fsp3) is 0.263. The van der Waals surface area contributed by atoms with Gasteiger partial charge in [0.05, 0.1) is 15.6 Å². The summed E-state index contributed by atoms with van der Waals surface area (Å²) in [4.78, 5) is 8.69. The van der Waals surface area contributed by atoms with Crippen LogP contribution in [0.2, 0.25) is 5.02 Å². The van der Waals surface area contributed by atoms with Gasteiger partial charge in [-0.05, 0) is 53.8 Å². The van der Waals surface area contributed by atoms with E-state index in [1.54, 1.807) is 6.07 Å². The predicted octanol–water partition coefficient (Wildman–Crippen LogP) is 5.08. The van der Waals surface area contributed by atoms with Crippen LogP contribution in [-0.2, 0) is 13.0 Å². The molecule has 0 aliphatic carbocycles. The molecule has 0 atom stereocenters. The number of aromatic nitrogens is 2. The summed E-state index contributed by atoms with van der Waals surface area (Å²) in [6.45, 7) is 1.52. The van der Waals surface area contributed by atoms with E-state index < -0.39 is 0 Å². The minimum atomic E-state index is -0.310. The van der Waals surface area contributed by atoms with Crippen molar-refractivity contribution in [3.8, 4) is 0 Å². The Hall–Kier alpha value is -2.03. The van der Waals surface area contributed by atoms with Gasteiger partial charge in [-0.2, -0.15) is 4.37 Å². The van der Waals surface area contributed by atoms with Crippen LogP contribution in [0.1, 0.15) is 11.1 Å². The Morgan fingerprint density at radius 2 is 2.11 bits per heavy atom. The maximum absolute atomic E-state index is 14.7. The molecule has 0 radical (unpaired) electrons. The van der Waals surface area contributed by atoms with E-state index in [1.165, 1.54) is 40.7 Å². The van der Waals surface area contributed by atoms with Gasteiger partial charge in [-0.15, -0.1) is 0 Å². The number of nitrogens with one attached hydrogen (secondary N) is 1. The van der Waals surface area contributed by atoms with Crippen LogP contribution in [-0.4, -0.2) is 30.0 Å². The SMILES string of the molecule is CN(C)c1ccc2c(c1)CCN(c1cc(F)c(SNc3ncns3)cc1Cl)C2. The van der Waals surface area contributed by atoms with Crippen LogP contribution in [0.3, 0.4) is 0 Å². The molecule has 146 valence electrons. The molecular weight excluding hydrogens is 417 g/mol. The van der Waals surface area contributed by atoms with Crippen molar-refractivity contribution in [1.82, 2.24) is 9.36 Å². The summed E-state index contributed by atoms with van der Waals surface area (Å²) in [5.74, 6) is -0.310. The number of benzene rings is 2. The smallest absolute Gasteiger partial charge is 0.212 e. The topological polar surface area (TPSA) is 44.3 Å². The number of nitrogens with zero attached hydrogens (tertiary/aromatic N) is 4. The molecule has 1 aliphatic heterocycles. The lowest BCUT2D eigenvalue weighted by atomic mass is 9.98. The number of halogens is 2. The lowest BCUT2D eigenvalue weighted by Gasteiger charge is -2.32. The molecular formula is C19H19ClFN5S2. The highest BCUT2D eigenvalue weighted by atomic mass is 35.5. The summed E-state index contributed by atoms with van der Waals surface area (Å²) >= 11 is 8.86. The van der Waals surface area contributed by atoms with Crippen molar-refractivity contribution in [3.63, 3.8) is 0 Å². The van der Waals surface area contributed by atoms with Crippen LogP contribution >= 0.6 is 35.1 Å². The van der Waals surface area contributed by atoms with Gasteiger partial charge in [0.15, 0.2) is 0 Å². The van der Waals surface area contributed by atoms with Gasteiger partial charge in [0.2, 0.25) is 5.13 Å². The summed E-state index contributed by atoms with van der Waals surface area (Å²) in [5.41, 5.74) is 4.51. The Morgan fingerprint density at radius 1 is 1.25 bits per heavy atom. The normalized spacial score (nSPS) is 13.4. The van der Waals surface area contributed by atoms with Gasteiger partial charge in [-0.25, -0.2) is 9.37 Å². The quantitative estimate of drug-likeness (QED) is 0.564. The summed E-state index contributed by atoms with van der Waals surface area (Å²) in [6.07, 6.45) is 2.36. The second kappa shape index (κ2) is 8.14. The molecule has 1 aliphatic rings. The second-order valence-electron chi connectivity index (χ2n) is 6.70. The molecule has 1 N–H and O–H groups in total. The van der Waals surface area contributed by atoms with E-state index in [1.807, 2.05) is 14.1 Å². The molecule has 0 fully saturated rings. The first kappa shape index (κ1) is 19.3. The highest BCUT2D eigenvalue weighted by Gasteiger charge is 2.21. The van der Waals surface area contributed by atoms with Gasteiger partial charge in [0.1, 0.15) is 12.1 Å². The molecule has 0 unspecified atom stereocenters. The Kier molecular flexibility index (Phi) is 5.61. The Labute approximate surface area is 176 Å². The highest BCUT2D eigenvalue weighted by molar-refractivity contribution is 8.00. The summed E-state index contributed by atoms with van der Waals surface area (Å²) in [5, 5.41) is 1.16. The van der Waals surface area contributed by atoms with Crippen molar-refractivity contribution in [2.45, 2.75) is 17.9 Å². The molecule has 3 aromatic rings. The second-order valence-corrected chi connectivity index (χ2v) is 8.74. The molecule has 2 aromatic carbocycles. The van der Waals surface area contributed by atoms with Gasteiger partial charge in [-0.1, -0.05) is 17.7 Å². The molecule has 0 saturated heterocycles. The standard InChI is InChI=1S/C19H19ClFN5S2/c1-25(2)14-4-3-13-10-26(6-5-12(13)7-14)17-9-16(21)18(8-15(17)20)27-24-19-22-11-23-28-19/h3-4,7-9,11H,5-6,10H2,1-2H3,(H,22,23,24). The molecule has 1 aromatic heterocycles. The lowest BCUT2D eigenvalue weighted by molar-refractivity contribution is 0.600. The molecule has 4 rings (SSSR count). The molecule has 9 heteroatoms. The van der Waals surface area contributed by atoms with E-state index in [0.717, 1.165) is 37.1 Å². The van der Waals surface area contributed by atoms with Crippen LogP contribution in [0.15, 0.2) is 41.6 Å². The molecule has 2 heterocycles. The number of hydrogen-bond donors (Lipinski definition) is 1. The Bertz CT molecular complexity index is 981. The zero-order chi connectivity index (χ0) is 19.7. The zero-order valence-electron chi connectivity index (χ0n) is 15.4. The Morgan fingerprint density at radius 3 is 2.86 bits per heavy atom. The van der Waals surface area contributed by atoms with Crippen LogP contribution in [0.4, 0.5) is 20.9 Å². The number of fused-ring (bicyclic) bond motifs is 1. The maximum Gasteiger partial charge on any atom is 0.212 e. The first-order chi connectivity index (χ1) is 13.5. The number of rotatable bonds is 5. The predicted molar refractivity (Wildman–Crippen MR) is 116 cm³/mol. The third-order valence-electron chi connectivity index (χ3n) is 4.67. The average Bonchev–Trinajstić information content (AvgIpc) is 3.21. The van der Waals surface area contributed by atoms with Gasteiger partial charge >= 0.3 is 0 Å². The summed E-state index contributed by atoms with van der Waals surface area (Å²) < 4.78 is 21.6. The molecule has 0 spiro atoms. The van der Waals surface area contributed by atoms with E-state index in [0.29, 0.717) is 15.0 Å².